The molecule has 0 fully saturated rings. The van der Waals surface area contributed by atoms with Crippen LogP contribution in [0, 0.1) is 0 Å². The highest BCUT2D eigenvalue weighted by molar-refractivity contribution is 5.66. The van der Waals surface area contributed by atoms with Crippen LogP contribution in [0.1, 0.15) is 73.8 Å². The van der Waals surface area contributed by atoms with E-state index in [0.29, 0.717) is 0 Å². The zero-order valence-corrected chi connectivity index (χ0v) is 12.6. The van der Waals surface area contributed by atoms with Gasteiger partial charge in [0, 0.05) is 9.16 Å². The third-order valence-corrected chi connectivity index (χ3v) is 2.82. The van der Waals surface area contributed by atoms with Gasteiger partial charge in [-0.2, -0.15) is 0 Å². The Morgan fingerprint density at radius 3 is 2.10 bits per heavy atom. The van der Waals surface area contributed by atoms with Crippen LogP contribution in [0.5, 0.6) is 0 Å². The lowest BCUT2D eigenvalue weighted by molar-refractivity contribution is -0.137. The summed E-state index contributed by atoms with van der Waals surface area (Å²) in [6.07, 6.45) is 17.6. The number of aliphatic carboxylic acids is 1. The normalized spacial score (nSPS) is 16.6. The lowest BCUT2D eigenvalue weighted by Crippen LogP contribution is -1.93. The molecule has 0 heterocycles. The Labute approximate surface area is 127 Å². The lowest BCUT2D eigenvalue weighted by Gasteiger charge is -1.98. The summed E-state index contributed by atoms with van der Waals surface area (Å²) in [6, 6.07) is 0. The van der Waals surface area contributed by atoms with Gasteiger partial charge in [-0.3, -0.25) is 4.79 Å². The third kappa shape index (κ3) is 16.7. The van der Waals surface area contributed by atoms with E-state index in [4.69, 9.17) is 7.85 Å². The quantitative estimate of drug-likeness (QED) is 0.349. The largest absolute Gasteiger partial charge is 0.481 e. The van der Waals surface area contributed by atoms with Crippen molar-refractivity contribution >= 4 is 5.97 Å². The minimum Gasteiger partial charge on any atom is -0.481 e. The smallest absolute Gasteiger partial charge is 0.303 e. The van der Waals surface area contributed by atoms with Crippen LogP contribution >= 0.6 is 0 Å². The molecule has 2 unspecified atom stereocenters. The zero-order valence-electron chi connectivity index (χ0n) is 14.6. The Morgan fingerprint density at radius 2 is 1.45 bits per heavy atom. The first-order chi connectivity index (χ1) is 10.6. The molecule has 0 aromatic heterocycles. The van der Waals surface area contributed by atoms with Crippen molar-refractivity contribution in [3.05, 3.63) is 36.5 Å². The first kappa shape index (κ1) is 15.1. The lowest BCUT2D eigenvalue weighted by atomic mass is 10.1. The maximum atomic E-state index is 10.3. The summed E-state index contributed by atoms with van der Waals surface area (Å²) in [6.45, 7) is 2.04. The van der Waals surface area contributed by atoms with Crippen LogP contribution in [0.15, 0.2) is 36.5 Å². The van der Waals surface area contributed by atoms with Gasteiger partial charge in [0.1, 0.15) is 0 Å². The predicted molar refractivity (Wildman–Crippen MR) is 86.9 cm³/mol. The van der Waals surface area contributed by atoms with Gasteiger partial charge in [0.15, 0.2) is 0 Å². The average molecular weight is 280 g/mol. The Morgan fingerprint density at radius 1 is 0.900 bits per heavy atom. The molecule has 0 saturated heterocycles. The van der Waals surface area contributed by atoms with Gasteiger partial charge in [-0.1, -0.05) is 62.6 Å². The highest BCUT2D eigenvalue weighted by atomic mass is 16.4. The highest BCUT2D eigenvalue weighted by Crippen LogP contribution is 2.07. The second-order valence-corrected chi connectivity index (χ2v) is 4.73. The van der Waals surface area contributed by atoms with Crippen molar-refractivity contribution in [2.75, 3.05) is 0 Å². The molecule has 0 spiro atoms. The number of allylic oxidation sites excluding steroid dienone is 6. The van der Waals surface area contributed by atoms with Crippen LogP contribution in [-0.4, -0.2) is 11.1 Å². The third-order valence-electron chi connectivity index (χ3n) is 2.82. The molecule has 1 N–H and O–H groups in total. The predicted octanol–water partition coefficient (Wildman–Crippen LogP) is 5.66. The van der Waals surface area contributed by atoms with Crippen molar-refractivity contribution in [2.24, 2.45) is 0 Å². The molecule has 0 amide bonds. The van der Waals surface area contributed by atoms with Crippen LogP contribution in [-0.2, 0) is 4.79 Å². The molecular formula is C18H30O2. The van der Waals surface area contributed by atoms with Crippen molar-refractivity contribution < 1.29 is 12.6 Å². The van der Waals surface area contributed by atoms with Gasteiger partial charge in [-0.25, -0.2) is 0 Å². The van der Waals surface area contributed by atoms with E-state index in [0.717, 1.165) is 44.9 Å². The van der Waals surface area contributed by atoms with Crippen LogP contribution in [0.4, 0.5) is 0 Å². The molecule has 0 aromatic rings. The molecule has 2 heteroatoms. The molecule has 114 valence electrons. The van der Waals surface area contributed by atoms with Crippen LogP contribution in [0.25, 0.3) is 0 Å². The van der Waals surface area contributed by atoms with E-state index >= 15 is 0 Å². The summed E-state index contributed by atoms with van der Waals surface area (Å²) in [5, 5.41) is 8.51. The first-order valence-electron chi connectivity index (χ1n) is 8.79. The van der Waals surface area contributed by atoms with Crippen molar-refractivity contribution in [3.63, 3.8) is 0 Å². The maximum Gasteiger partial charge on any atom is 0.303 e. The topological polar surface area (TPSA) is 37.3 Å². The molecular weight excluding hydrogens is 248 g/mol. The summed E-state index contributed by atoms with van der Waals surface area (Å²) < 4.78 is 15.5. The summed E-state index contributed by atoms with van der Waals surface area (Å²) >= 11 is 0. The molecule has 0 radical (unpaired) electrons. The van der Waals surface area contributed by atoms with E-state index in [-0.39, 0.29) is 19.2 Å². The van der Waals surface area contributed by atoms with E-state index in [1.807, 2.05) is 31.2 Å². The zero-order chi connectivity index (χ0) is 16.6. The van der Waals surface area contributed by atoms with Gasteiger partial charge in [0.05, 0.1) is 0 Å². The number of rotatable bonds is 13. The number of hydrogen-bond donors (Lipinski definition) is 1. The standard InChI is InChI=1S/C18H30O2/c1-2-3-4-5-6-7-8-9-10-11-12-13-14-15-16-17-18(19)20/h3-4,6-7,9-10H,2,5,8,11-17H2,1H3,(H,19,20)/b4-3-,7-6-,10-9-/i5D,8D. The summed E-state index contributed by atoms with van der Waals surface area (Å²) in [5.41, 5.74) is 0. The van der Waals surface area contributed by atoms with Gasteiger partial charge in [0.25, 0.3) is 0 Å². The SMILES string of the molecule is [2H]C(/C=C\CC)/C=C\C([2H])/C=C\CCCCCCCC(=O)O. The van der Waals surface area contributed by atoms with Gasteiger partial charge in [0.2, 0.25) is 0 Å². The monoisotopic (exact) mass is 280 g/mol. The van der Waals surface area contributed by atoms with Crippen molar-refractivity contribution in [1.82, 2.24) is 0 Å². The number of unbranched alkanes of at least 4 members (excludes halogenated alkanes) is 5. The molecule has 0 aliphatic heterocycles. The van der Waals surface area contributed by atoms with Crippen LogP contribution < -0.4 is 0 Å². The Bertz CT molecular complexity index is 362. The average Bonchev–Trinajstić information content (AvgIpc) is 2.48. The number of hydrogen-bond acceptors (Lipinski definition) is 1. The molecule has 0 aromatic carbocycles. The van der Waals surface area contributed by atoms with E-state index in [1.165, 1.54) is 0 Å². The maximum absolute atomic E-state index is 10.3. The fourth-order valence-electron chi connectivity index (χ4n) is 1.71. The van der Waals surface area contributed by atoms with Crippen LogP contribution in [0.3, 0.4) is 0 Å². The minimum absolute atomic E-state index is 0.275. The molecule has 0 aliphatic carbocycles. The minimum atomic E-state index is -0.711. The van der Waals surface area contributed by atoms with Gasteiger partial charge >= 0.3 is 5.97 Å². The Balaban J connectivity index is 3.61. The summed E-state index contributed by atoms with van der Waals surface area (Å²) in [5.74, 6) is -0.711. The summed E-state index contributed by atoms with van der Waals surface area (Å²) in [4.78, 5) is 10.3. The van der Waals surface area contributed by atoms with Crippen LogP contribution in [0.2, 0.25) is 0 Å². The molecule has 20 heavy (non-hydrogen) atoms. The van der Waals surface area contributed by atoms with E-state index in [9.17, 15) is 4.79 Å². The summed E-state index contributed by atoms with van der Waals surface area (Å²) in [7, 11) is 0. The van der Waals surface area contributed by atoms with Gasteiger partial charge < -0.3 is 5.11 Å². The van der Waals surface area contributed by atoms with E-state index in [2.05, 4.69) is 0 Å². The fraction of sp³-hybridized carbons (Fsp3) is 0.611. The highest BCUT2D eigenvalue weighted by Gasteiger charge is 1.95. The van der Waals surface area contributed by atoms with Crippen molar-refractivity contribution in [2.45, 2.75) is 71.1 Å². The Hall–Kier alpha value is -1.31. The van der Waals surface area contributed by atoms with E-state index < -0.39 is 5.97 Å². The van der Waals surface area contributed by atoms with Crippen molar-refractivity contribution in [3.8, 4) is 0 Å². The molecule has 0 aliphatic rings. The van der Waals surface area contributed by atoms with Gasteiger partial charge in [-0.05, 0) is 38.5 Å². The molecule has 0 rings (SSSR count). The second-order valence-electron chi connectivity index (χ2n) is 4.73. The number of carboxylic acid groups (broad SMARTS) is 1. The van der Waals surface area contributed by atoms with E-state index in [1.54, 1.807) is 12.2 Å². The van der Waals surface area contributed by atoms with Gasteiger partial charge in [-0.15, -0.1) is 0 Å². The molecule has 2 atom stereocenters. The number of carboxylic acids is 1. The molecule has 0 saturated carbocycles. The second kappa shape index (κ2) is 15.7. The first-order valence-corrected chi connectivity index (χ1v) is 7.64. The molecule has 0 bridgehead atoms. The van der Waals surface area contributed by atoms with Crippen molar-refractivity contribution in [1.29, 1.82) is 0 Å². The molecule has 2 nitrogen and oxygen atoms in total. The Kier molecular flexibility index (Phi) is 11.9. The number of carbonyl (C=O) groups is 1. The fourth-order valence-corrected chi connectivity index (χ4v) is 1.71.